The molecule has 0 aliphatic heterocycles. The van der Waals surface area contributed by atoms with Crippen LogP contribution in [0.1, 0.15) is 5.56 Å². The number of nitrogens with two attached hydrogens (primary N) is 1. The van der Waals surface area contributed by atoms with Crippen molar-refractivity contribution < 1.29 is 17.9 Å². The van der Waals surface area contributed by atoms with Crippen LogP contribution in [0, 0.1) is 0 Å². The van der Waals surface area contributed by atoms with Gasteiger partial charge in [-0.3, -0.25) is 0 Å². The first-order valence-corrected chi connectivity index (χ1v) is 6.50. The van der Waals surface area contributed by atoms with E-state index in [4.69, 9.17) is 10.5 Å². The van der Waals surface area contributed by atoms with Crippen LogP contribution < -0.4 is 10.5 Å². The van der Waals surface area contributed by atoms with Crippen molar-refractivity contribution in [2.75, 3.05) is 12.8 Å². The van der Waals surface area contributed by atoms with E-state index in [1.807, 2.05) is 0 Å². The lowest BCUT2D eigenvalue weighted by atomic mass is 10.2. The Morgan fingerprint density at radius 2 is 1.75 bits per heavy atom. The van der Waals surface area contributed by atoms with Gasteiger partial charge in [-0.25, -0.2) is 0 Å². The Balaban J connectivity index is 2.30. The van der Waals surface area contributed by atoms with E-state index in [2.05, 4.69) is 0 Å². The third-order valence-corrected chi connectivity index (χ3v) is 3.59. The lowest BCUT2D eigenvalue weighted by Gasteiger charge is -2.11. The van der Waals surface area contributed by atoms with Crippen molar-refractivity contribution >= 4 is 17.4 Å². The van der Waals surface area contributed by atoms with E-state index in [0.29, 0.717) is 10.6 Å². The second-order valence-corrected chi connectivity index (χ2v) is 5.17. The van der Waals surface area contributed by atoms with Crippen LogP contribution in [0.15, 0.2) is 52.3 Å². The van der Waals surface area contributed by atoms with Crippen LogP contribution in [0.4, 0.5) is 18.9 Å². The Kier molecular flexibility index (Phi) is 4.13. The molecule has 0 radical (unpaired) electrons. The van der Waals surface area contributed by atoms with E-state index in [0.717, 1.165) is 11.0 Å². The number of alkyl halides is 3. The summed E-state index contributed by atoms with van der Waals surface area (Å²) in [5.41, 5.74) is 4.28. The standard InChI is InChI=1S/C14H12F3NOS/c1-19-9-3-2-4-10(7-9)20-11-5-6-13(18)12(8-11)14(15,16)17/h2-8H,18H2,1H3. The Morgan fingerprint density at radius 3 is 2.40 bits per heavy atom. The molecule has 0 unspecified atom stereocenters. The molecule has 0 aliphatic rings. The van der Waals surface area contributed by atoms with E-state index in [1.54, 1.807) is 30.3 Å². The number of nitrogen functional groups attached to an aromatic ring is 1. The van der Waals surface area contributed by atoms with Crippen molar-refractivity contribution in [2.24, 2.45) is 0 Å². The van der Waals surface area contributed by atoms with Crippen LogP contribution in [0.2, 0.25) is 0 Å². The van der Waals surface area contributed by atoms with Gasteiger partial charge in [-0.05, 0) is 36.4 Å². The molecule has 0 fully saturated rings. The van der Waals surface area contributed by atoms with Crippen LogP contribution in [0.5, 0.6) is 5.75 Å². The summed E-state index contributed by atoms with van der Waals surface area (Å²) in [6.45, 7) is 0. The van der Waals surface area contributed by atoms with E-state index in [1.165, 1.54) is 24.9 Å². The van der Waals surface area contributed by atoms with Crippen molar-refractivity contribution in [3.05, 3.63) is 48.0 Å². The molecule has 0 aliphatic carbocycles. The molecule has 0 spiro atoms. The highest BCUT2D eigenvalue weighted by Gasteiger charge is 2.33. The molecule has 0 saturated heterocycles. The maximum absolute atomic E-state index is 12.8. The van der Waals surface area contributed by atoms with Gasteiger partial charge in [0.1, 0.15) is 5.75 Å². The minimum atomic E-state index is -4.45. The van der Waals surface area contributed by atoms with Crippen LogP contribution in [-0.4, -0.2) is 7.11 Å². The molecule has 2 aromatic rings. The van der Waals surface area contributed by atoms with Gasteiger partial charge in [0.2, 0.25) is 0 Å². The highest BCUT2D eigenvalue weighted by molar-refractivity contribution is 7.99. The highest BCUT2D eigenvalue weighted by atomic mass is 32.2. The predicted octanol–water partition coefficient (Wildman–Crippen LogP) is 4.45. The molecule has 2 rings (SSSR count). The van der Waals surface area contributed by atoms with Gasteiger partial charge in [-0.15, -0.1) is 0 Å². The van der Waals surface area contributed by atoms with Gasteiger partial charge in [0, 0.05) is 15.5 Å². The molecule has 0 amide bonds. The summed E-state index contributed by atoms with van der Waals surface area (Å²) in [5, 5.41) is 0. The van der Waals surface area contributed by atoms with Gasteiger partial charge in [0.05, 0.1) is 12.7 Å². The lowest BCUT2D eigenvalue weighted by Crippen LogP contribution is -2.08. The summed E-state index contributed by atoms with van der Waals surface area (Å²) >= 11 is 1.22. The molecule has 0 bridgehead atoms. The zero-order valence-corrected chi connectivity index (χ0v) is 11.4. The third kappa shape index (κ3) is 3.39. The number of benzene rings is 2. The molecule has 2 N–H and O–H groups in total. The SMILES string of the molecule is COc1cccc(Sc2ccc(N)c(C(F)(F)F)c2)c1. The first kappa shape index (κ1) is 14.6. The summed E-state index contributed by atoms with van der Waals surface area (Å²) in [7, 11) is 1.54. The normalized spacial score (nSPS) is 11.4. The van der Waals surface area contributed by atoms with E-state index in [-0.39, 0.29) is 5.69 Å². The smallest absolute Gasteiger partial charge is 0.418 e. The second-order valence-electron chi connectivity index (χ2n) is 4.03. The van der Waals surface area contributed by atoms with Crippen molar-refractivity contribution in [2.45, 2.75) is 16.0 Å². The molecule has 2 nitrogen and oxygen atoms in total. The summed E-state index contributed by atoms with van der Waals surface area (Å²) in [6.07, 6.45) is -4.45. The molecular formula is C14H12F3NOS. The Labute approximate surface area is 118 Å². The fourth-order valence-corrected chi connectivity index (χ4v) is 2.55. The maximum Gasteiger partial charge on any atom is 0.418 e. The number of anilines is 1. The van der Waals surface area contributed by atoms with Crippen LogP contribution in [0.3, 0.4) is 0 Å². The Hall–Kier alpha value is -1.82. The van der Waals surface area contributed by atoms with Gasteiger partial charge in [-0.2, -0.15) is 13.2 Å². The lowest BCUT2D eigenvalue weighted by molar-refractivity contribution is -0.137. The van der Waals surface area contributed by atoms with Crippen LogP contribution in [0.25, 0.3) is 0 Å². The van der Waals surface area contributed by atoms with E-state index in [9.17, 15) is 13.2 Å². The third-order valence-electron chi connectivity index (χ3n) is 2.61. The van der Waals surface area contributed by atoms with Crippen LogP contribution in [-0.2, 0) is 6.18 Å². The quantitative estimate of drug-likeness (QED) is 0.851. The van der Waals surface area contributed by atoms with Crippen LogP contribution >= 0.6 is 11.8 Å². The van der Waals surface area contributed by atoms with Crippen molar-refractivity contribution in [3.63, 3.8) is 0 Å². The predicted molar refractivity (Wildman–Crippen MR) is 73.0 cm³/mol. The monoisotopic (exact) mass is 299 g/mol. The summed E-state index contributed by atoms with van der Waals surface area (Å²) < 4.78 is 43.4. The molecule has 106 valence electrons. The first-order chi connectivity index (χ1) is 9.40. The van der Waals surface area contributed by atoms with Crippen molar-refractivity contribution in [3.8, 4) is 5.75 Å². The zero-order valence-electron chi connectivity index (χ0n) is 10.6. The van der Waals surface area contributed by atoms with E-state index < -0.39 is 11.7 Å². The molecule has 0 atom stereocenters. The van der Waals surface area contributed by atoms with Gasteiger partial charge in [0.25, 0.3) is 0 Å². The zero-order chi connectivity index (χ0) is 14.8. The highest BCUT2D eigenvalue weighted by Crippen LogP contribution is 2.38. The molecule has 6 heteroatoms. The fourth-order valence-electron chi connectivity index (χ4n) is 1.65. The fraction of sp³-hybridized carbons (Fsp3) is 0.143. The number of hydrogen-bond donors (Lipinski definition) is 1. The van der Waals surface area contributed by atoms with Gasteiger partial charge < -0.3 is 10.5 Å². The maximum atomic E-state index is 12.8. The van der Waals surface area contributed by atoms with Crippen molar-refractivity contribution in [1.29, 1.82) is 0 Å². The van der Waals surface area contributed by atoms with Crippen molar-refractivity contribution in [1.82, 2.24) is 0 Å². The van der Waals surface area contributed by atoms with Gasteiger partial charge >= 0.3 is 6.18 Å². The summed E-state index contributed by atoms with van der Waals surface area (Å²) in [4.78, 5) is 1.27. The molecule has 0 heterocycles. The summed E-state index contributed by atoms with van der Waals surface area (Å²) in [5.74, 6) is 0.654. The average Bonchev–Trinajstić information content (AvgIpc) is 2.40. The first-order valence-electron chi connectivity index (χ1n) is 5.69. The Morgan fingerprint density at radius 1 is 1.05 bits per heavy atom. The molecule has 20 heavy (non-hydrogen) atoms. The molecule has 0 aromatic heterocycles. The minimum Gasteiger partial charge on any atom is -0.497 e. The number of methoxy groups -OCH3 is 1. The summed E-state index contributed by atoms with van der Waals surface area (Å²) in [6, 6.07) is 11.0. The van der Waals surface area contributed by atoms with Gasteiger partial charge in [-0.1, -0.05) is 17.8 Å². The number of hydrogen-bond acceptors (Lipinski definition) is 3. The molecule has 2 aromatic carbocycles. The number of halogens is 3. The largest absolute Gasteiger partial charge is 0.497 e. The molecular weight excluding hydrogens is 287 g/mol. The number of ether oxygens (including phenoxy) is 1. The Bertz CT molecular complexity index is 614. The second kappa shape index (κ2) is 5.66. The molecule has 0 saturated carbocycles. The minimum absolute atomic E-state index is 0.271. The topological polar surface area (TPSA) is 35.2 Å². The van der Waals surface area contributed by atoms with E-state index >= 15 is 0 Å². The van der Waals surface area contributed by atoms with Gasteiger partial charge in [0.15, 0.2) is 0 Å². The number of rotatable bonds is 3. The average molecular weight is 299 g/mol.